The number of benzene rings is 2. The van der Waals surface area contributed by atoms with E-state index >= 15 is 0 Å². The lowest BCUT2D eigenvalue weighted by molar-refractivity contribution is 0.181. The van der Waals surface area contributed by atoms with Crippen LogP contribution in [0.3, 0.4) is 0 Å². The molecular weight excluding hydrogens is 349 g/mol. The molecule has 8 heteroatoms. The number of methoxy groups -OCH3 is 1. The summed E-state index contributed by atoms with van der Waals surface area (Å²) in [5.74, 6) is 0.424. The lowest BCUT2D eigenvalue weighted by atomic mass is 10.1. The van der Waals surface area contributed by atoms with Gasteiger partial charge in [0.2, 0.25) is 0 Å². The van der Waals surface area contributed by atoms with Crippen LogP contribution in [0.4, 0.5) is 14.9 Å². The van der Waals surface area contributed by atoms with E-state index < -0.39 is 0 Å². The molecule has 4 rings (SSSR count). The van der Waals surface area contributed by atoms with Crippen molar-refractivity contribution in [1.29, 1.82) is 0 Å². The molecule has 0 bridgehead atoms. The molecule has 1 aromatic heterocycles. The molecule has 7 nitrogen and oxygen atoms in total. The van der Waals surface area contributed by atoms with Crippen molar-refractivity contribution in [3.05, 3.63) is 48.3 Å². The molecule has 0 saturated carbocycles. The summed E-state index contributed by atoms with van der Waals surface area (Å²) >= 11 is 0. The second kappa shape index (κ2) is 7.22. The summed E-state index contributed by atoms with van der Waals surface area (Å²) in [6.45, 7) is 1.24. The van der Waals surface area contributed by atoms with E-state index in [9.17, 15) is 9.18 Å². The predicted octanol–water partition coefficient (Wildman–Crippen LogP) is 3.45. The molecule has 2 amide bonds. The first-order valence-electron chi connectivity index (χ1n) is 8.84. The van der Waals surface area contributed by atoms with Crippen LogP contribution in [0.1, 0.15) is 18.9 Å². The van der Waals surface area contributed by atoms with E-state index in [1.54, 1.807) is 30.2 Å². The predicted molar refractivity (Wildman–Crippen MR) is 99.3 cm³/mol. The number of hydrogen-bond donors (Lipinski definition) is 1. The lowest BCUT2D eigenvalue weighted by Gasteiger charge is -2.32. The van der Waals surface area contributed by atoms with Gasteiger partial charge in [0.15, 0.2) is 0 Å². The summed E-state index contributed by atoms with van der Waals surface area (Å²) in [6.07, 6.45) is 1.54. The molecule has 0 spiro atoms. The highest BCUT2D eigenvalue weighted by Crippen LogP contribution is 2.26. The fourth-order valence-corrected chi connectivity index (χ4v) is 3.38. The highest BCUT2D eigenvalue weighted by Gasteiger charge is 2.25. The minimum absolute atomic E-state index is 0.121. The fraction of sp³-hybridized carbons (Fsp3) is 0.316. The smallest absolute Gasteiger partial charge is 0.321 e. The zero-order valence-corrected chi connectivity index (χ0v) is 14.9. The fourth-order valence-electron chi connectivity index (χ4n) is 3.38. The number of urea groups is 1. The van der Waals surface area contributed by atoms with Gasteiger partial charge in [0.05, 0.1) is 18.7 Å². The van der Waals surface area contributed by atoms with Crippen molar-refractivity contribution in [2.75, 3.05) is 25.5 Å². The molecule has 1 aliphatic heterocycles. The van der Waals surface area contributed by atoms with Gasteiger partial charge in [-0.15, -0.1) is 5.10 Å². The number of likely N-dealkylation sites (tertiary alicyclic amines) is 1. The monoisotopic (exact) mass is 369 g/mol. The van der Waals surface area contributed by atoms with Gasteiger partial charge in [-0.05, 0) is 49.2 Å². The van der Waals surface area contributed by atoms with E-state index in [1.807, 2.05) is 16.8 Å². The minimum Gasteiger partial charge on any atom is -0.497 e. The van der Waals surface area contributed by atoms with E-state index in [0.29, 0.717) is 18.6 Å². The number of halogens is 1. The number of hydrogen-bond acceptors (Lipinski definition) is 4. The van der Waals surface area contributed by atoms with Crippen LogP contribution >= 0.6 is 0 Å². The average Bonchev–Trinajstić information content (AvgIpc) is 3.11. The first kappa shape index (κ1) is 17.3. The summed E-state index contributed by atoms with van der Waals surface area (Å²) in [7, 11) is 1.60. The summed E-state index contributed by atoms with van der Waals surface area (Å²) in [5.41, 5.74) is 2.10. The Kier molecular flexibility index (Phi) is 4.62. The second-order valence-electron chi connectivity index (χ2n) is 6.54. The van der Waals surface area contributed by atoms with E-state index in [4.69, 9.17) is 4.74 Å². The molecular formula is C19H20FN5O2. The molecule has 1 fully saturated rings. The molecule has 1 N–H and O–H groups in total. The summed E-state index contributed by atoms with van der Waals surface area (Å²) in [4.78, 5) is 14.3. The molecule has 0 atom stereocenters. The van der Waals surface area contributed by atoms with Gasteiger partial charge in [-0.25, -0.2) is 13.9 Å². The van der Waals surface area contributed by atoms with Crippen LogP contribution in [0.15, 0.2) is 42.5 Å². The van der Waals surface area contributed by atoms with Gasteiger partial charge in [-0.1, -0.05) is 5.21 Å². The quantitative estimate of drug-likeness (QED) is 0.768. The van der Waals surface area contributed by atoms with Crippen molar-refractivity contribution >= 4 is 22.8 Å². The van der Waals surface area contributed by atoms with Crippen LogP contribution in [-0.2, 0) is 0 Å². The van der Waals surface area contributed by atoms with E-state index in [-0.39, 0.29) is 17.9 Å². The maximum Gasteiger partial charge on any atom is 0.321 e. The van der Waals surface area contributed by atoms with Gasteiger partial charge in [0, 0.05) is 24.8 Å². The first-order chi connectivity index (χ1) is 13.1. The zero-order valence-electron chi connectivity index (χ0n) is 14.9. The molecule has 140 valence electrons. The van der Waals surface area contributed by atoms with Crippen LogP contribution in [0.5, 0.6) is 5.75 Å². The van der Waals surface area contributed by atoms with Gasteiger partial charge in [0.25, 0.3) is 0 Å². The average molecular weight is 369 g/mol. The Morgan fingerprint density at radius 1 is 1.19 bits per heavy atom. The summed E-state index contributed by atoms with van der Waals surface area (Å²) in [6, 6.07) is 11.8. The van der Waals surface area contributed by atoms with Crippen LogP contribution in [0.2, 0.25) is 0 Å². The van der Waals surface area contributed by atoms with Crippen LogP contribution < -0.4 is 10.1 Å². The number of piperidine rings is 1. The third-order valence-corrected chi connectivity index (χ3v) is 4.87. The van der Waals surface area contributed by atoms with E-state index in [1.165, 1.54) is 12.1 Å². The molecule has 2 heterocycles. The van der Waals surface area contributed by atoms with Crippen molar-refractivity contribution in [2.45, 2.75) is 18.9 Å². The maximum atomic E-state index is 13.3. The Morgan fingerprint density at radius 3 is 2.63 bits per heavy atom. The molecule has 3 aromatic rings. The Balaban J connectivity index is 1.38. The van der Waals surface area contributed by atoms with Gasteiger partial charge in [-0.2, -0.15) is 0 Å². The number of carbonyl (C=O) groups is 1. The van der Waals surface area contributed by atoms with E-state index in [0.717, 1.165) is 29.8 Å². The molecule has 27 heavy (non-hydrogen) atoms. The van der Waals surface area contributed by atoms with Crippen molar-refractivity contribution in [1.82, 2.24) is 19.9 Å². The van der Waals surface area contributed by atoms with Crippen LogP contribution in [0.25, 0.3) is 11.0 Å². The molecule has 2 aromatic carbocycles. The Labute approximate surface area is 155 Å². The van der Waals surface area contributed by atoms with Crippen LogP contribution in [0, 0.1) is 5.82 Å². The number of nitrogens with zero attached hydrogens (tertiary/aromatic N) is 4. The molecule has 1 saturated heterocycles. The number of aromatic nitrogens is 3. The van der Waals surface area contributed by atoms with Gasteiger partial charge in [0.1, 0.15) is 17.1 Å². The summed E-state index contributed by atoms with van der Waals surface area (Å²) in [5, 5.41) is 11.1. The number of nitrogens with one attached hydrogen (secondary N) is 1. The number of ether oxygens (including phenoxy) is 1. The van der Waals surface area contributed by atoms with Crippen LogP contribution in [-0.4, -0.2) is 46.1 Å². The minimum atomic E-state index is -0.320. The topological polar surface area (TPSA) is 72.3 Å². The summed E-state index contributed by atoms with van der Waals surface area (Å²) < 4.78 is 20.3. The molecule has 0 unspecified atom stereocenters. The normalized spacial score (nSPS) is 15.1. The Hall–Kier alpha value is -3.16. The first-order valence-corrected chi connectivity index (χ1v) is 8.84. The van der Waals surface area contributed by atoms with Gasteiger partial charge in [-0.3, -0.25) is 0 Å². The maximum absolute atomic E-state index is 13.3. The zero-order chi connectivity index (χ0) is 18.8. The standard InChI is InChI=1S/C19H20FN5O2/c1-27-16-5-3-14(4-6-16)21-19(26)24-10-8-15(9-11-24)25-18-7-2-13(20)12-17(18)22-23-25/h2-7,12,15H,8-11H2,1H3,(H,21,26). The number of anilines is 1. The highest BCUT2D eigenvalue weighted by atomic mass is 19.1. The van der Waals surface area contributed by atoms with Gasteiger partial charge >= 0.3 is 6.03 Å². The number of rotatable bonds is 3. The lowest BCUT2D eigenvalue weighted by Crippen LogP contribution is -2.41. The Morgan fingerprint density at radius 2 is 1.93 bits per heavy atom. The van der Waals surface area contributed by atoms with Crippen molar-refractivity contribution < 1.29 is 13.9 Å². The number of fused-ring (bicyclic) bond motifs is 1. The number of amides is 2. The third-order valence-electron chi connectivity index (χ3n) is 4.87. The van der Waals surface area contributed by atoms with Crippen molar-refractivity contribution in [3.63, 3.8) is 0 Å². The Bertz CT molecular complexity index is 948. The number of carbonyl (C=O) groups excluding carboxylic acids is 1. The second-order valence-corrected chi connectivity index (χ2v) is 6.54. The van der Waals surface area contributed by atoms with Gasteiger partial charge < -0.3 is 15.0 Å². The molecule has 0 radical (unpaired) electrons. The van der Waals surface area contributed by atoms with E-state index in [2.05, 4.69) is 15.6 Å². The molecule has 1 aliphatic rings. The SMILES string of the molecule is COc1ccc(NC(=O)N2CCC(n3nnc4cc(F)ccc43)CC2)cc1. The third kappa shape index (κ3) is 3.55. The highest BCUT2D eigenvalue weighted by molar-refractivity contribution is 5.89. The van der Waals surface area contributed by atoms with Crippen molar-refractivity contribution in [3.8, 4) is 5.75 Å². The largest absolute Gasteiger partial charge is 0.497 e. The van der Waals surface area contributed by atoms with Crippen molar-refractivity contribution in [2.24, 2.45) is 0 Å². The molecule has 0 aliphatic carbocycles.